The normalized spacial score (nSPS) is 12.7. The van der Waals surface area contributed by atoms with Gasteiger partial charge in [-0.3, -0.25) is 0 Å². The van der Waals surface area contributed by atoms with Gasteiger partial charge < -0.3 is 10.0 Å². The number of rotatable bonds is 6. The van der Waals surface area contributed by atoms with Gasteiger partial charge in [0.1, 0.15) is 0 Å². The highest BCUT2D eigenvalue weighted by Crippen LogP contribution is 2.32. The van der Waals surface area contributed by atoms with Crippen LogP contribution >= 0.6 is 23.2 Å². The molecule has 3 aromatic rings. The molecule has 0 spiro atoms. The van der Waals surface area contributed by atoms with Crippen molar-refractivity contribution in [2.24, 2.45) is 0 Å². The summed E-state index contributed by atoms with van der Waals surface area (Å²) in [5.41, 5.74) is 3.26. The molecule has 3 nitrogen and oxygen atoms in total. The van der Waals surface area contributed by atoms with Gasteiger partial charge in [-0.05, 0) is 42.9 Å². The lowest BCUT2D eigenvalue weighted by Gasteiger charge is -2.23. The standard InChI is InChI=1S/C21H22Cl2N2O/c1-3-25(4-2)13-20(26)17-12-19(14-8-10-15(22)11-9-14)24-21-16(17)6-5-7-18(21)23/h5-12,20,26H,3-4,13H2,1-2H3. The molecule has 1 unspecified atom stereocenters. The quantitative estimate of drug-likeness (QED) is 0.598. The van der Waals surface area contributed by atoms with Gasteiger partial charge in [0.15, 0.2) is 0 Å². The van der Waals surface area contributed by atoms with Crippen LogP contribution in [0.3, 0.4) is 0 Å². The number of pyridine rings is 1. The van der Waals surface area contributed by atoms with Gasteiger partial charge in [0, 0.05) is 22.5 Å². The number of hydrogen-bond acceptors (Lipinski definition) is 3. The molecule has 0 saturated heterocycles. The minimum atomic E-state index is -0.620. The minimum absolute atomic E-state index is 0.568. The van der Waals surface area contributed by atoms with Crippen molar-refractivity contribution < 1.29 is 5.11 Å². The van der Waals surface area contributed by atoms with Crippen molar-refractivity contribution in [3.8, 4) is 11.3 Å². The van der Waals surface area contributed by atoms with Crippen molar-refractivity contribution in [2.45, 2.75) is 20.0 Å². The SMILES string of the molecule is CCN(CC)CC(O)c1cc(-c2ccc(Cl)cc2)nc2c(Cl)cccc12. The van der Waals surface area contributed by atoms with E-state index in [0.29, 0.717) is 22.1 Å². The molecule has 0 aliphatic rings. The second kappa shape index (κ2) is 8.36. The Morgan fingerprint density at radius 3 is 2.38 bits per heavy atom. The zero-order valence-corrected chi connectivity index (χ0v) is 16.4. The van der Waals surface area contributed by atoms with Crippen LogP contribution < -0.4 is 0 Å². The zero-order valence-electron chi connectivity index (χ0n) is 14.9. The summed E-state index contributed by atoms with van der Waals surface area (Å²) in [6.45, 7) is 6.54. The highest BCUT2D eigenvalue weighted by Gasteiger charge is 2.18. The Morgan fingerprint density at radius 1 is 1.04 bits per heavy atom. The van der Waals surface area contributed by atoms with Crippen LogP contribution in [-0.4, -0.2) is 34.6 Å². The molecule has 1 N–H and O–H groups in total. The summed E-state index contributed by atoms with van der Waals surface area (Å²) in [4.78, 5) is 6.94. The summed E-state index contributed by atoms with van der Waals surface area (Å²) in [6.07, 6.45) is -0.620. The number of nitrogens with zero attached hydrogens (tertiary/aromatic N) is 2. The predicted molar refractivity (Wildman–Crippen MR) is 110 cm³/mol. The molecule has 2 aromatic carbocycles. The van der Waals surface area contributed by atoms with Crippen molar-refractivity contribution in [2.75, 3.05) is 19.6 Å². The lowest BCUT2D eigenvalue weighted by molar-refractivity contribution is 0.120. The Bertz CT molecular complexity index is 892. The molecular formula is C21H22Cl2N2O. The fourth-order valence-corrected chi connectivity index (χ4v) is 3.45. The summed E-state index contributed by atoms with van der Waals surface area (Å²) < 4.78 is 0. The topological polar surface area (TPSA) is 36.4 Å². The fraction of sp³-hybridized carbons (Fsp3) is 0.286. The zero-order chi connectivity index (χ0) is 18.7. The van der Waals surface area contributed by atoms with Crippen LogP contribution in [0.5, 0.6) is 0 Å². The maximum absolute atomic E-state index is 10.9. The average molecular weight is 389 g/mol. The average Bonchev–Trinajstić information content (AvgIpc) is 2.66. The summed E-state index contributed by atoms with van der Waals surface area (Å²) in [5, 5.41) is 13.1. The predicted octanol–water partition coefficient (Wildman–Crippen LogP) is 5.58. The molecule has 0 amide bonds. The molecule has 0 fully saturated rings. The fourth-order valence-electron chi connectivity index (χ4n) is 3.11. The lowest BCUT2D eigenvalue weighted by Crippen LogP contribution is -2.28. The van der Waals surface area contributed by atoms with E-state index in [2.05, 4.69) is 18.7 Å². The van der Waals surface area contributed by atoms with Gasteiger partial charge in [-0.1, -0.05) is 61.3 Å². The van der Waals surface area contributed by atoms with Gasteiger partial charge in [-0.15, -0.1) is 0 Å². The molecule has 1 aromatic heterocycles. The van der Waals surface area contributed by atoms with E-state index < -0.39 is 6.10 Å². The summed E-state index contributed by atoms with van der Waals surface area (Å²) in [5.74, 6) is 0. The first-order valence-electron chi connectivity index (χ1n) is 8.79. The van der Waals surface area contributed by atoms with Crippen molar-refractivity contribution >= 4 is 34.1 Å². The molecular weight excluding hydrogens is 367 g/mol. The monoisotopic (exact) mass is 388 g/mol. The Kier molecular flexibility index (Phi) is 6.15. The van der Waals surface area contributed by atoms with Gasteiger partial charge in [0.2, 0.25) is 0 Å². The third-order valence-electron chi connectivity index (χ3n) is 4.65. The van der Waals surface area contributed by atoms with Crippen molar-refractivity contribution in [1.82, 2.24) is 9.88 Å². The molecule has 0 saturated carbocycles. The second-order valence-corrected chi connectivity index (χ2v) is 7.08. The smallest absolute Gasteiger partial charge is 0.0924 e. The first-order valence-corrected chi connectivity index (χ1v) is 9.54. The van der Waals surface area contributed by atoms with Crippen LogP contribution in [0.2, 0.25) is 10.0 Å². The van der Waals surface area contributed by atoms with Crippen LogP contribution in [-0.2, 0) is 0 Å². The van der Waals surface area contributed by atoms with E-state index in [9.17, 15) is 5.11 Å². The van der Waals surface area contributed by atoms with E-state index in [4.69, 9.17) is 28.2 Å². The maximum atomic E-state index is 10.9. The summed E-state index contributed by atoms with van der Waals surface area (Å²) >= 11 is 12.4. The number of aliphatic hydroxyl groups is 1. The van der Waals surface area contributed by atoms with E-state index in [-0.39, 0.29) is 0 Å². The van der Waals surface area contributed by atoms with Gasteiger partial charge in [-0.25, -0.2) is 4.98 Å². The first-order chi connectivity index (χ1) is 12.5. The van der Waals surface area contributed by atoms with Gasteiger partial charge in [-0.2, -0.15) is 0 Å². The molecule has 26 heavy (non-hydrogen) atoms. The molecule has 0 bridgehead atoms. The number of halogens is 2. The molecule has 1 heterocycles. The molecule has 3 rings (SSSR count). The van der Waals surface area contributed by atoms with E-state index in [1.54, 1.807) is 0 Å². The van der Waals surface area contributed by atoms with Gasteiger partial charge in [0.05, 0.1) is 22.3 Å². The Labute approximate surface area is 164 Å². The van der Waals surface area contributed by atoms with Crippen LogP contribution in [0.25, 0.3) is 22.2 Å². The van der Waals surface area contributed by atoms with E-state index in [1.165, 1.54) is 0 Å². The van der Waals surface area contributed by atoms with Gasteiger partial charge >= 0.3 is 0 Å². The van der Waals surface area contributed by atoms with Crippen LogP contribution in [0.4, 0.5) is 0 Å². The minimum Gasteiger partial charge on any atom is -0.387 e. The van der Waals surface area contributed by atoms with E-state index >= 15 is 0 Å². The molecule has 5 heteroatoms. The summed E-state index contributed by atoms with van der Waals surface area (Å²) in [7, 11) is 0. The number of hydrogen-bond donors (Lipinski definition) is 1. The van der Waals surface area contributed by atoms with Crippen molar-refractivity contribution in [3.05, 3.63) is 64.1 Å². The van der Waals surface area contributed by atoms with Crippen LogP contribution in [0.15, 0.2) is 48.5 Å². The highest BCUT2D eigenvalue weighted by molar-refractivity contribution is 6.35. The van der Waals surface area contributed by atoms with E-state index in [0.717, 1.165) is 35.3 Å². The van der Waals surface area contributed by atoms with Crippen LogP contribution in [0, 0.1) is 0 Å². The Balaban J connectivity index is 2.13. The maximum Gasteiger partial charge on any atom is 0.0924 e. The number of likely N-dealkylation sites (N-methyl/N-ethyl adjacent to an activating group) is 1. The van der Waals surface area contributed by atoms with E-state index in [1.807, 2.05) is 48.5 Å². The highest BCUT2D eigenvalue weighted by atomic mass is 35.5. The lowest BCUT2D eigenvalue weighted by atomic mass is 10.00. The third kappa shape index (κ3) is 4.02. The first kappa shape index (κ1) is 19.1. The number of fused-ring (bicyclic) bond motifs is 1. The van der Waals surface area contributed by atoms with Crippen molar-refractivity contribution in [1.29, 1.82) is 0 Å². The van der Waals surface area contributed by atoms with Crippen molar-refractivity contribution in [3.63, 3.8) is 0 Å². The van der Waals surface area contributed by atoms with Crippen LogP contribution in [0.1, 0.15) is 25.5 Å². The number of aliphatic hydroxyl groups excluding tert-OH is 1. The number of para-hydroxylation sites is 1. The molecule has 0 aliphatic heterocycles. The largest absolute Gasteiger partial charge is 0.387 e. The molecule has 0 radical (unpaired) electrons. The Morgan fingerprint density at radius 2 is 1.73 bits per heavy atom. The molecule has 136 valence electrons. The second-order valence-electron chi connectivity index (χ2n) is 6.24. The third-order valence-corrected chi connectivity index (χ3v) is 5.20. The Hall–Kier alpha value is -1.65. The molecule has 0 aliphatic carbocycles. The number of aromatic nitrogens is 1. The van der Waals surface area contributed by atoms with Gasteiger partial charge in [0.25, 0.3) is 0 Å². The summed E-state index contributed by atoms with van der Waals surface area (Å²) in [6, 6.07) is 15.1. The number of benzene rings is 2. The molecule has 1 atom stereocenters.